The van der Waals surface area contributed by atoms with Crippen molar-refractivity contribution in [3.63, 3.8) is 0 Å². The lowest BCUT2D eigenvalue weighted by Gasteiger charge is -2.16. The molecule has 0 aliphatic heterocycles. The van der Waals surface area contributed by atoms with E-state index in [0.717, 1.165) is 10.2 Å². The van der Waals surface area contributed by atoms with Crippen LogP contribution >= 0.6 is 27.5 Å². The Labute approximate surface area is 120 Å². The summed E-state index contributed by atoms with van der Waals surface area (Å²) >= 11 is 9.35. The highest BCUT2D eigenvalue weighted by atomic mass is 79.9. The molecule has 0 radical (unpaired) electrons. The highest BCUT2D eigenvalue weighted by molar-refractivity contribution is 9.10. The fourth-order valence-electron chi connectivity index (χ4n) is 1.34. The van der Waals surface area contributed by atoms with Crippen molar-refractivity contribution in [2.45, 2.75) is 13.0 Å². The molecule has 1 amide bonds. The van der Waals surface area contributed by atoms with E-state index in [4.69, 9.17) is 16.3 Å². The van der Waals surface area contributed by atoms with Gasteiger partial charge in [-0.15, -0.1) is 0 Å². The fourth-order valence-corrected chi connectivity index (χ4v) is 1.90. The maximum Gasteiger partial charge on any atom is 0.242 e. The molecule has 1 unspecified atom stereocenters. The van der Waals surface area contributed by atoms with Gasteiger partial charge in [0, 0.05) is 13.7 Å². The maximum atomic E-state index is 11.7. The van der Waals surface area contributed by atoms with E-state index in [0.29, 0.717) is 18.2 Å². The number of hydrogen-bond acceptors (Lipinski definition) is 3. The first-order valence-electron chi connectivity index (χ1n) is 5.53. The smallest absolute Gasteiger partial charge is 0.242 e. The summed E-state index contributed by atoms with van der Waals surface area (Å²) in [7, 11) is 1.59. The lowest BCUT2D eigenvalue weighted by molar-refractivity contribution is -0.121. The number of ether oxygens (including phenoxy) is 1. The molecule has 1 atom stereocenters. The first-order chi connectivity index (χ1) is 8.56. The van der Waals surface area contributed by atoms with E-state index < -0.39 is 0 Å². The summed E-state index contributed by atoms with van der Waals surface area (Å²) in [6.07, 6.45) is 0. The van der Waals surface area contributed by atoms with Crippen molar-refractivity contribution in [3.05, 3.63) is 27.7 Å². The molecule has 6 heteroatoms. The molecule has 0 saturated heterocycles. The topological polar surface area (TPSA) is 50.4 Å². The Morgan fingerprint density at radius 2 is 2.28 bits per heavy atom. The highest BCUT2D eigenvalue weighted by Crippen LogP contribution is 2.30. The van der Waals surface area contributed by atoms with Gasteiger partial charge in [-0.2, -0.15) is 0 Å². The van der Waals surface area contributed by atoms with Gasteiger partial charge in [0.1, 0.15) is 6.04 Å². The average molecular weight is 336 g/mol. The molecule has 0 spiro atoms. The van der Waals surface area contributed by atoms with Crippen molar-refractivity contribution in [1.82, 2.24) is 5.32 Å². The minimum absolute atomic E-state index is 0.0843. The van der Waals surface area contributed by atoms with Gasteiger partial charge in [-0.25, -0.2) is 0 Å². The number of halogens is 2. The second-order valence-corrected chi connectivity index (χ2v) is 4.95. The minimum Gasteiger partial charge on any atom is -0.383 e. The predicted molar refractivity (Wildman–Crippen MR) is 77.1 cm³/mol. The second-order valence-electron chi connectivity index (χ2n) is 3.75. The van der Waals surface area contributed by atoms with E-state index in [1.54, 1.807) is 20.1 Å². The largest absolute Gasteiger partial charge is 0.383 e. The molecule has 0 bridgehead atoms. The number of carbonyl (C=O) groups excluding carboxylic acids is 1. The molecule has 0 fully saturated rings. The first-order valence-corrected chi connectivity index (χ1v) is 6.70. The van der Waals surface area contributed by atoms with Crippen LogP contribution in [-0.2, 0) is 9.53 Å². The number of hydrogen-bond donors (Lipinski definition) is 2. The number of nitrogens with one attached hydrogen (secondary N) is 2. The van der Waals surface area contributed by atoms with Crippen LogP contribution in [0.2, 0.25) is 5.02 Å². The van der Waals surface area contributed by atoms with Crippen LogP contribution in [0.15, 0.2) is 22.7 Å². The predicted octanol–water partition coefficient (Wildman–Crippen LogP) is 2.67. The van der Waals surface area contributed by atoms with Gasteiger partial charge in [-0.05, 0) is 35.0 Å². The maximum absolute atomic E-state index is 11.7. The van der Waals surface area contributed by atoms with Crippen LogP contribution in [0.1, 0.15) is 6.92 Å². The van der Waals surface area contributed by atoms with Crippen molar-refractivity contribution < 1.29 is 9.53 Å². The Morgan fingerprint density at radius 1 is 1.56 bits per heavy atom. The van der Waals surface area contributed by atoms with Crippen molar-refractivity contribution in [1.29, 1.82) is 0 Å². The van der Waals surface area contributed by atoms with Crippen LogP contribution in [0.5, 0.6) is 0 Å². The summed E-state index contributed by atoms with van der Waals surface area (Å²) in [5.74, 6) is -0.0843. The number of anilines is 1. The zero-order valence-electron chi connectivity index (χ0n) is 10.3. The number of rotatable bonds is 6. The van der Waals surface area contributed by atoms with Gasteiger partial charge in [-0.3, -0.25) is 4.79 Å². The minimum atomic E-state index is -0.350. The monoisotopic (exact) mass is 334 g/mol. The first kappa shape index (κ1) is 15.3. The van der Waals surface area contributed by atoms with E-state index >= 15 is 0 Å². The second kappa shape index (κ2) is 7.61. The van der Waals surface area contributed by atoms with E-state index in [9.17, 15) is 4.79 Å². The van der Waals surface area contributed by atoms with Gasteiger partial charge in [0.25, 0.3) is 0 Å². The fraction of sp³-hybridized carbons (Fsp3) is 0.417. The van der Waals surface area contributed by atoms with Crippen molar-refractivity contribution >= 4 is 39.1 Å². The molecule has 0 saturated carbocycles. The molecule has 2 N–H and O–H groups in total. The summed E-state index contributed by atoms with van der Waals surface area (Å²) in [6.45, 7) is 2.78. The number of methoxy groups -OCH3 is 1. The average Bonchev–Trinajstić information content (AvgIpc) is 2.35. The molecule has 0 aliphatic rings. The van der Waals surface area contributed by atoms with Gasteiger partial charge in [0.2, 0.25) is 5.91 Å². The molecule has 0 aromatic heterocycles. The summed E-state index contributed by atoms with van der Waals surface area (Å²) < 4.78 is 5.62. The van der Waals surface area contributed by atoms with Crippen molar-refractivity contribution in [3.8, 4) is 0 Å². The molecule has 18 heavy (non-hydrogen) atoms. The Hall–Kier alpha value is -0.780. The van der Waals surface area contributed by atoms with Gasteiger partial charge < -0.3 is 15.4 Å². The molecule has 4 nitrogen and oxygen atoms in total. The normalized spacial score (nSPS) is 12.0. The summed E-state index contributed by atoms with van der Waals surface area (Å²) in [4.78, 5) is 11.7. The zero-order valence-corrected chi connectivity index (χ0v) is 12.6. The quantitative estimate of drug-likeness (QED) is 0.786. The van der Waals surface area contributed by atoms with Gasteiger partial charge >= 0.3 is 0 Å². The molecule has 100 valence electrons. The van der Waals surface area contributed by atoms with Gasteiger partial charge in [0.05, 0.1) is 21.8 Å². The van der Waals surface area contributed by atoms with Crippen LogP contribution in [0, 0.1) is 0 Å². The summed E-state index contributed by atoms with van der Waals surface area (Å²) in [6, 6.07) is 5.11. The van der Waals surface area contributed by atoms with E-state index in [1.165, 1.54) is 0 Å². The Kier molecular flexibility index (Phi) is 6.46. The Bertz CT molecular complexity index is 415. The highest BCUT2D eigenvalue weighted by Gasteiger charge is 2.13. The Balaban J connectivity index is 2.56. The third-order valence-corrected chi connectivity index (χ3v) is 3.72. The molecule has 1 aromatic carbocycles. The van der Waals surface area contributed by atoms with Gasteiger partial charge in [0.15, 0.2) is 0 Å². The molecular weight excluding hydrogens is 320 g/mol. The molecule has 0 aliphatic carbocycles. The van der Waals surface area contributed by atoms with Crippen molar-refractivity contribution in [2.75, 3.05) is 25.6 Å². The number of benzene rings is 1. The van der Waals surface area contributed by atoms with Crippen molar-refractivity contribution in [2.24, 2.45) is 0 Å². The van der Waals surface area contributed by atoms with Crippen LogP contribution in [0.4, 0.5) is 5.69 Å². The zero-order chi connectivity index (χ0) is 13.5. The molecule has 1 aromatic rings. The van der Waals surface area contributed by atoms with E-state index in [-0.39, 0.29) is 11.9 Å². The van der Waals surface area contributed by atoms with Gasteiger partial charge in [-0.1, -0.05) is 17.7 Å². The van der Waals surface area contributed by atoms with Crippen LogP contribution in [0.25, 0.3) is 0 Å². The van der Waals surface area contributed by atoms with E-state index in [2.05, 4.69) is 26.6 Å². The van der Waals surface area contributed by atoms with Crippen LogP contribution in [0.3, 0.4) is 0 Å². The Morgan fingerprint density at radius 3 is 2.94 bits per heavy atom. The third kappa shape index (κ3) is 4.48. The summed E-state index contributed by atoms with van der Waals surface area (Å²) in [5, 5.41) is 6.46. The number of carbonyl (C=O) groups is 1. The molecule has 1 rings (SSSR count). The standard InChI is InChI=1S/C12H16BrClN2O2/c1-8(12(17)15-6-7-18-2)16-10-5-3-4-9(14)11(10)13/h3-5,8,16H,6-7H2,1-2H3,(H,15,17). The SMILES string of the molecule is COCCNC(=O)C(C)Nc1cccc(Cl)c1Br. The van der Waals surface area contributed by atoms with Crippen LogP contribution < -0.4 is 10.6 Å². The number of amides is 1. The van der Waals surface area contributed by atoms with E-state index in [1.807, 2.05) is 12.1 Å². The summed E-state index contributed by atoms with van der Waals surface area (Å²) in [5.41, 5.74) is 0.789. The van der Waals surface area contributed by atoms with Crippen LogP contribution in [-0.4, -0.2) is 32.2 Å². The third-order valence-electron chi connectivity index (χ3n) is 2.32. The lowest BCUT2D eigenvalue weighted by atomic mass is 10.2. The lowest BCUT2D eigenvalue weighted by Crippen LogP contribution is -2.39. The molecular formula is C12H16BrClN2O2. The molecule has 0 heterocycles.